The molecule has 0 radical (unpaired) electrons. The number of aromatic carboxylic acids is 1. The first kappa shape index (κ1) is 20.5. The standard InChI is InChI=1S/C21H20N2O5S/c1-4-23-19(24)18(12-14-11-16(27-2)8-9-17(14)28-3)29-21(23)22-15-7-5-6-13(10-15)20(25)26/h5-12H,4H2,1-3H3,(H,25,26)/b18-12+,22-21?. The first-order valence-corrected chi connectivity index (χ1v) is 9.64. The van der Waals surface area contributed by atoms with Gasteiger partial charge in [0.2, 0.25) is 0 Å². The van der Waals surface area contributed by atoms with Gasteiger partial charge < -0.3 is 14.6 Å². The van der Waals surface area contributed by atoms with Crippen molar-refractivity contribution < 1.29 is 24.2 Å². The number of likely N-dealkylation sites (N-methyl/N-ethyl adjacent to an activating group) is 1. The summed E-state index contributed by atoms with van der Waals surface area (Å²) in [4.78, 5) is 30.6. The molecule has 1 aliphatic rings. The summed E-state index contributed by atoms with van der Waals surface area (Å²) in [6.45, 7) is 2.30. The summed E-state index contributed by atoms with van der Waals surface area (Å²) in [6, 6.07) is 11.6. The zero-order valence-corrected chi connectivity index (χ0v) is 17.0. The monoisotopic (exact) mass is 412 g/mol. The number of methoxy groups -OCH3 is 2. The van der Waals surface area contributed by atoms with Gasteiger partial charge in [0.15, 0.2) is 5.17 Å². The number of nitrogens with zero attached hydrogens (tertiary/aromatic N) is 2. The second-order valence-electron chi connectivity index (χ2n) is 6.02. The lowest BCUT2D eigenvalue weighted by Crippen LogP contribution is -2.28. The average Bonchev–Trinajstić information content (AvgIpc) is 3.02. The third-order valence-electron chi connectivity index (χ3n) is 4.25. The molecule has 29 heavy (non-hydrogen) atoms. The van der Waals surface area contributed by atoms with E-state index in [0.717, 1.165) is 0 Å². The molecule has 1 N–H and O–H groups in total. The minimum absolute atomic E-state index is 0.140. The number of thioether (sulfide) groups is 1. The normalized spacial score (nSPS) is 16.5. The topological polar surface area (TPSA) is 88.4 Å². The lowest BCUT2D eigenvalue weighted by Gasteiger charge is -2.12. The van der Waals surface area contributed by atoms with Gasteiger partial charge in [0.1, 0.15) is 11.5 Å². The summed E-state index contributed by atoms with van der Waals surface area (Å²) >= 11 is 1.23. The van der Waals surface area contributed by atoms with E-state index in [-0.39, 0.29) is 11.5 Å². The number of hydrogen-bond donors (Lipinski definition) is 1. The quantitative estimate of drug-likeness (QED) is 0.721. The molecule has 1 aliphatic heterocycles. The molecule has 1 amide bonds. The molecular weight excluding hydrogens is 392 g/mol. The van der Waals surface area contributed by atoms with E-state index in [1.165, 1.54) is 23.9 Å². The van der Waals surface area contributed by atoms with Gasteiger partial charge in [-0.05, 0) is 61.2 Å². The number of ether oxygens (including phenoxy) is 2. The minimum atomic E-state index is -1.03. The van der Waals surface area contributed by atoms with Crippen molar-refractivity contribution in [2.75, 3.05) is 20.8 Å². The van der Waals surface area contributed by atoms with Gasteiger partial charge in [0.25, 0.3) is 5.91 Å². The minimum Gasteiger partial charge on any atom is -0.497 e. The van der Waals surface area contributed by atoms with Crippen LogP contribution < -0.4 is 9.47 Å². The maximum atomic E-state index is 12.9. The molecule has 7 nitrogen and oxygen atoms in total. The molecule has 0 bridgehead atoms. The average molecular weight is 412 g/mol. The van der Waals surface area contributed by atoms with Crippen LogP contribution in [0.25, 0.3) is 6.08 Å². The molecule has 1 fully saturated rings. The van der Waals surface area contributed by atoms with Gasteiger partial charge in [-0.3, -0.25) is 9.69 Å². The van der Waals surface area contributed by atoms with Crippen LogP contribution in [0, 0.1) is 0 Å². The van der Waals surface area contributed by atoms with Crippen LogP contribution >= 0.6 is 11.8 Å². The van der Waals surface area contributed by atoms with E-state index in [1.54, 1.807) is 55.5 Å². The van der Waals surface area contributed by atoms with Gasteiger partial charge in [0.05, 0.1) is 30.4 Å². The highest BCUT2D eigenvalue weighted by Crippen LogP contribution is 2.36. The van der Waals surface area contributed by atoms with E-state index in [0.29, 0.717) is 39.4 Å². The summed E-state index contributed by atoms with van der Waals surface area (Å²) in [5.74, 6) is 0.0740. The molecule has 2 aromatic rings. The summed E-state index contributed by atoms with van der Waals surface area (Å²) in [6.07, 6.45) is 1.74. The molecule has 0 unspecified atom stereocenters. The van der Waals surface area contributed by atoms with Gasteiger partial charge in [-0.25, -0.2) is 9.79 Å². The third kappa shape index (κ3) is 4.43. The number of carbonyl (C=O) groups is 2. The number of amides is 1. The summed E-state index contributed by atoms with van der Waals surface area (Å²) < 4.78 is 10.6. The largest absolute Gasteiger partial charge is 0.497 e. The van der Waals surface area contributed by atoms with Crippen molar-refractivity contribution in [3.05, 3.63) is 58.5 Å². The van der Waals surface area contributed by atoms with Gasteiger partial charge in [0, 0.05) is 12.1 Å². The van der Waals surface area contributed by atoms with Crippen molar-refractivity contribution in [3.8, 4) is 11.5 Å². The first-order chi connectivity index (χ1) is 14.0. The maximum absolute atomic E-state index is 12.9. The Balaban J connectivity index is 1.98. The van der Waals surface area contributed by atoms with Crippen molar-refractivity contribution in [3.63, 3.8) is 0 Å². The number of aliphatic imine (C=N–C) groups is 1. The van der Waals surface area contributed by atoms with Gasteiger partial charge >= 0.3 is 5.97 Å². The predicted octanol–water partition coefficient (Wildman–Crippen LogP) is 4.03. The van der Waals surface area contributed by atoms with Crippen LogP contribution in [0.4, 0.5) is 5.69 Å². The molecule has 0 aliphatic carbocycles. The Morgan fingerprint density at radius 2 is 2.00 bits per heavy atom. The van der Waals surface area contributed by atoms with E-state index in [4.69, 9.17) is 14.6 Å². The Morgan fingerprint density at radius 1 is 1.21 bits per heavy atom. The fraction of sp³-hybridized carbons (Fsp3) is 0.190. The molecule has 1 heterocycles. The van der Waals surface area contributed by atoms with Gasteiger partial charge in [-0.15, -0.1) is 0 Å². The highest BCUT2D eigenvalue weighted by molar-refractivity contribution is 8.18. The van der Waals surface area contributed by atoms with E-state index < -0.39 is 5.97 Å². The van der Waals surface area contributed by atoms with E-state index in [1.807, 2.05) is 6.92 Å². The Kier molecular flexibility index (Phi) is 6.23. The van der Waals surface area contributed by atoms with Crippen LogP contribution in [-0.2, 0) is 4.79 Å². The maximum Gasteiger partial charge on any atom is 0.335 e. The molecule has 150 valence electrons. The van der Waals surface area contributed by atoms with E-state index in [9.17, 15) is 9.59 Å². The van der Waals surface area contributed by atoms with E-state index in [2.05, 4.69) is 4.99 Å². The van der Waals surface area contributed by atoms with Crippen LogP contribution in [0.1, 0.15) is 22.8 Å². The van der Waals surface area contributed by atoms with Crippen LogP contribution in [0.5, 0.6) is 11.5 Å². The number of carbonyl (C=O) groups excluding carboxylic acids is 1. The molecule has 3 rings (SSSR count). The predicted molar refractivity (Wildman–Crippen MR) is 113 cm³/mol. The number of hydrogen-bond acceptors (Lipinski definition) is 6. The van der Waals surface area contributed by atoms with Crippen LogP contribution in [0.2, 0.25) is 0 Å². The zero-order valence-electron chi connectivity index (χ0n) is 16.2. The summed E-state index contributed by atoms with van der Waals surface area (Å²) in [7, 11) is 3.14. The van der Waals surface area contributed by atoms with Crippen molar-refractivity contribution in [2.24, 2.45) is 4.99 Å². The van der Waals surface area contributed by atoms with Crippen LogP contribution in [-0.4, -0.2) is 47.8 Å². The molecule has 0 spiro atoms. The molecular formula is C21H20N2O5S. The SMILES string of the molecule is CCN1C(=O)/C(=C\c2cc(OC)ccc2OC)SC1=Nc1cccc(C(=O)O)c1. The van der Waals surface area contributed by atoms with Crippen molar-refractivity contribution in [1.29, 1.82) is 0 Å². The van der Waals surface area contributed by atoms with Gasteiger partial charge in [-0.1, -0.05) is 6.07 Å². The van der Waals surface area contributed by atoms with Gasteiger partial charge in [-0.2, -0.15) is 0 Å². The van der Waals surface area contributed by atoms with Crippen molar-refractivity contribution >= 4 is 40.6 Å². The third-order valence-corrected chi connectivity index (χ3v) is 5.25. The second kappa shape index (κ2) is 8.83. The number of amidine groups is 1. The highest BCUT2D eigenvalue weighted by atomic mass is 32.2. The molecule has 0 saturated carbocycles. The number of carboxylic acid groups (broad SMARTS) is 1. The summed E-state index contributed by atoms with van der Waals surface area (Å²) in [5.41, 5.74) is 1.33. The van der Waals surface area contributed by atoms with Crippen molar-refractivity contribution in [1.82, 2.24) is 4.90 Å². The lowest BCUT2D eigenvalue weighted by atomic mass is 10.1. The van der Waals surface area contributed by atoms with E-state index >= 15 is 0 Å². The smallest absolute Gasteiger partial charge is 0.335 e. The fourth-order valence-electron chi connectivity index (χ4n) is 2.78. The Morgan fingerprint density at radius 3 is 2.66 bits per heavy atom. The number of carboxylic acids is 1. The van der Waals surface area contributed by atoms with Crippen LogP contribution in [0.15, 0.2) is 52.4 Å². The molecule has 2 aromatic carbocycles. The first-order valence-electron chi connectivity index (χ1n) is 8.82. The second-order valence-corrected chi connectivity index (χ2v) is 7.03. The number of benzene rings is 2. The number of rotatable bonds is 6. The Labute approximate surface area is 172 Å². The highest BCUT2D eigenvalue weighted by Gasteiger charge is 2.32. The molecule has 1 saturated heterocycles. The van der Waals surface area contributed by atoms with Crippen molar-refractivity contribution in [2.45, 2.75) is 6.92 Å². The lowest BCUT2D eigenvalue weighted by molar-refractivity contribution is -0.122. The fourth-order valence-corrected chi connectivity index (χ4v) is 3.84. The summed E-state index contributed by atoms with van der Waals surface area (Å²) in [5, 5.41) is 9.65. The molecule has 8 heteroatoms. The Bertz CT molecular complexity index is 1020. The van der Waals surface area contributed by atoms with Crippen LogP contribution in [0.3, 0.4) is 0 Å². The Hall–Kier alpha value is -3.26. The molecule has 0 aromatic heterocycles. The zero-order chi connectivity index (χ0) is 21.0. The molecule has 0 atom stereocenters.